The maximum absolute atomic E-state index is 5.20. The minimum atomic E-state index is 0.733. The average molecular weight is 246 g/mol. The highest BCUT2D eigenvalue weighted by Crippen LogP contribution is 2.27. The Hall–Kier alpha value is -1.06. The number of fused-ring (bicyclic) bond motifs is 1. The van der Waals surface area contributed by atoms with Crippen molar-refractivity contribution in [3.63, 3.8) is 0 Å². The zero-order valence-corrected chi connectivity index (χ0v) is 11.1. The van der Waals surface area contributed by atoms with Crippen LogP contribution in [-0.4, -0.2) is 37.2 Å². The summed E-state index contributed by atoms with van der Waals surface area (Å²) < 4.78 is 5.20. The first kappa shape index (κ1) is 12.0. The van der Waals surface area contributed by atoms with E-state index in [2.05, 4.69) is 34.5 Å². The molecule has 1 aliphatic carbocycles. The Morgan fingerprint density at radius 2 is 2.11 bits per heavy atom. The molecule has 3 heteroatoms. The molecule has 2 fully saturated rings. The first-order valence-electron chi connectivity index (χ1n) is 6.97. The lowest BCUT2D eigenvalue weighted by Gasteiger charge is -2.38. The second-order valence-electron chi connectivity index (χ2n) is 5.38. The van der Waals surface area contributed by atoms with E-state index < -0.39 is 0 Å². The van der Waals surface area contributed by atoms with Crippen LogP contribution in [0.2, 0.25) is 0 Å². The van der Waals surface area contributed by atoms with Crippen LogP contribution in [0.5, 0.6) is 5.75 Å². The maximum atomic E-state index is 5.20. The lowest BCUT2D eigenvalue weighted by molar-refractivity contribution is 0.129. The van der Waals surface area contributed by atoms with Crippen molar-refractivity contribution in [2.75, 3.05) is 20.2 Å². The van der Waals surface area contributed by atoms with Crippen molar-refractivity contribution in [2.45, 2.75) is 37.9 Å². The Morgan fingerprint density at radius 1 is 1.28 bits per heavy atom. The molecule has 1 saturated carbocycles. The summed E-state index contributed by atoms with van der Waals surface area (Å²) in [6, 6.07) is 9.97. The van der Waals surface area contributed by atoms with Gasteiger partial charge in [0.05, 0.1) is 7.11 Å². The summed E-state index contributed by atoms with van der Waals surface area (Å²) in [5.41, 5.74) is 1.39. The van der Waals surface area contributed by atoms with Crippen LogP contribution in [0.1, 0.15) is 24.8 Å². The molecular weight excluding hydrogens is 224 g/mol. The van der Waals surface area contributed by atoms with Crippen molar-refractivity contribution >= 4 is 0 Å². The minimum Gasteiger partial charge on any atom is -0.497 e. The number of hydrogen-bond donors (Lipinski definition) is 1. The van der Waals surface area contributed by atoms with Crippen LogP contribution in [0.4, 0.5) is 0 Å². The number of nitrogens with zero attached hydrogens (tertiary/aromatic N) is 1. The predicted octanol–water partition coefficient (Wildman–Crippen LogP) is 2.02. The lowest BCUT2D eigenvalue weighted by atomic mass is 10.1. The highest BCUT2D eigenvalue weighted by Gasteiger charge is 2.34. The summed E-state index contributed by atoms with van der Waals surface area (Å²) in [5.74, 6) is 0.942. The first-order chi connectivity index (χ1) is 8.86. The zero-order valence-electron chi connectivity index (χ0n) is 11.1. The van der Waals surface area contributed by atoms with Gasteiger partial charge in [-0.25, -0.2) is 0 Å². The van der Waals surface area contributed by atoms with E-state index >= 15 is 0 Å². The molecule has 1 aliphatic heterocycles. The molecule has 1 heterocycles. The van der Waals surface area contributed by atoms with Gasteiger partial charge in [-0.05, 0) is 30.5 Å². The zero-order chi connectivity index (χ0) is 12.4. The van der Waals surface area contributed by atoms with Crippen molar-refractivity contribution in [1.82, 2.24) is 10.2 Å². The van der Waals surface area contributed by atoms with Gasteiger partial charge >= 0.3 is 0 Å². The number of methoxy groups -OCH3 is 1. The van der Waals surface area contributed by atoms with Crippen molar-refractivity contribution in [3.8, 4) is 5.75 Å². The van der Waals surface area contributed by atoms with Gasteiger partial charge in [-0.3, -0.25) is 4.90 Å². The van der Waals surface area contributed by atoms with Gasteiger partial charge in [-0.1, -0.05) is 18.6 Å². The Bertz CT molecular complexity index is 390. The van der Waals surface area contributed by atoms with E-state index in [1.54, 1.807) is 7.11 Å². The van der Waals surface area contributed by atoms with Gasteiger partial charge in [0.15, 0.2) is 0 Å². The van der Waals surface area contributed by atoms with Gasteiger partial charge in [0.1, 0.15) is 5.75 Å². The standard InChI is InChI=1S/C15H22N2O/c1-18-13-7-5-12(6-8-13)11-17-10-9-16-14-3-2-4-15(14)17/h5-8,14-16H,2-4,9-11H2,1H3/t14-,15+/m0/s1. The summed E-state index contributed by atoms with van der Waals surface area (Å²) in [4.78, 5) is 2.65. The Kier molecular flexibility index (Phi) is 3.52. The summed E-state index contributed by atoms with van der Waals surface area (Å²) in [6.45, 7) is 3.39. The van der Waals surface area contributed by atoms with Crippen molar-refractivity contribution in [1.29, 1.82) is 0 Å². The molecule has 0 amide bonds. The third-order valence-corrected chi connectivity index (χ3v) is 4.30. The topological polar surface area (TPSA) is 24.5 Å². The number of ether oxygens (including phenoxy) is 1. The summed E-state index contributed by atoms with van der Waals surface area (Å²) in [5, 5.41) is 3.65. The van der Waals surface area contributed by atoms with Gasteiger partial charge in [0, 0.05) is 31.7 Å². The van der Waals surface area contributed by atoms with E-state index in [1.165, 1.54) is 31.4 Å². The van der Waals surface area contributed by atoms with Gasteiger partial charge < -0.3 is 10.1 Å². The Labute approximate surface area is 109 Å². The van der Waals surface area contributed by atoms with E-state index in [-0.39, 0.29) is 0 Å². The van der Waals surface area contributed by atoms with Crippen LogP contribution in [0, 0.1) is 0 Å². The molecule has 2 atom stereocenters. The van der Waals surface area contributed by atoms with E-state index in [0.29, 0.717) is 0 Å². The third kappa shape index (κ3) is 2.38. The quantitative estimate of drug-likeness (QED) is 0.883. The van der Waals surface area contributed by atoms with Crippen LogP contribution in [0.3, 0.4) is 0 Å². The van der Waals surface area contributed by atoms with Crippen LogP contribution >= 0.6 is 0 Å². The average Bonchev–Trinajstić information content (AvgIpc) is 2.89. The second kappa shape index (κ2) is 5.29. The van der Waals surface area contributed by atoms with E-state index in [9.17, 15) is 0 Å². The molecule has 1 saturated heterocycles. The number of benzene rings is 1. The molecule has 0 unspecified atom stereocenters. The fourth-order valence-corrected chi connectivity index (χ4v) is 3.34. The first-order valence-corrected chi connectivity index (χ1v) is 6.97. The fourth-order valence-electron chi connectivity index (χ4n) is 3.34. The lowest BCUT2D eigenvalue weighted by Crippen LogP contribution is -2.54. The van der Waals surface area contributed by atoms with Gasteiger partial charge in [0.2, 0.25) is 0 Å². The van der Waals surface area contributed by atoms with Gasteiger partial charge in [0.25, 0.3) is 0 Å². The Balaban J connectivity index is 1.67. The van der Waals surface area contributed by atoms with E-state index in [0.717, 1.165) is 30.9 Å². The molecule has 18 heavy (non-hydrogen) atoms. The normalized spacial score (nSPS) is 28.1. The molecule has 0 spiro atoms. The molecule has 0 aromatic heterocycles. The molecule has 3 nitrogen and oxygen atoms in total. The van der Waals surface area contributed by atoms with Gasteiger partial charge in [-0.15, -0.1) is 0 Å². The van der Waals surface area contributed by atoms with Crippen molar-refractivity contribution in [3.05, 3.63) is 29.8 Å². The SMILES string of the molecule is COc1ccc(CN2CCN[C@H]3CCC[C@H]32)cc1. The van der Waals surface area contributed by atoms with E-state index in [4.69, 9.17) is 4.74 Å². The molecule has 1 aromatic rings. The van der Waals surface area contributed by atoms with Crippen LogP contribution in [0.25, 0.3) is 0 Å². The van der Waals surface area contributed by atoms with Gasteiger partial charge in [-0.2, -0.15) is 0 Å². The van der Waals surface area contributed by atoms with Crippen molar-refractivity contribution in [2.24, 2.45) is 0 Å². The molecule has 3 rings (SSSR count). The molecule has 1 N–H and O–H groups in total. The smallest absolute Gasteiger partial charge is 0.118 e. The summed E-state index contributed by atoms with van der Waals surface area (Å²) >= 11 is 0. The molecule has 98 valence electrons. The van der Waals surface area contributed by atoms with Crippen LogP contribution < -0.4 is 10.1 Å². The summed E-state index contributed by atoms with van der Waals surface area (Å²) in [6.07, 6.45) is 4.08. The second-order valence-corrected chi connectivity index (χ2v) is 5.38. The minimum absolute atomic E-state index is 0.733. The molecule has 0 bridgehead atoms. The summed E-state index contributed by atoms with van der Waals surface area (Å²) in [7, 11) is 1.72. The van der Waals surface area contributed by atoms with Crippen LogP contribution in [0.15, 0.2) is 24.3 Å². The van der Waals surface area contributed by atoms with E-state index in [1.807, 2.05) is 0 Å². The molecular formula is C15H22N2O. The molecule has 0 radical (unpaired) electrons. The highest BCUT2D eigenvalue weighted by atomic mass is 16.5. The Morgan fingerprint density at radius 3 is 2.89 bits per heavy atom. The molecule has 1 aromatic carbocycles. The van der Waals surface area contributed by atoms with Crippen LogP contribution in [-0.2, 0) is 6.54 Å². The fraction of sp³-hybridized carbons (Fsp3) is 0.600. The third-order valence-electron chi connectivity index (χ3n) is 4.30. The largest absolute Gasteiger partial charge is 0.497 e. The van der Waals surface area contributed by atoms with Crippen molar-refractivity contribution < 1.29 is 4.74 Å². The maximum Gasteiger partial charge on any atom is 0.118 e. The monoisotopic (exact) mass is 246 g/mol. The number of hydrogen-bond acceptors (Lipinski definition) is 3. The number of piperazine rings is 1. The number of rotatable bonds is 3. The predicted molar refractivity (Wildman–Crippen MR) is 72.8 cm³/mol. The highest BCUT2D eigenvalue weighted by molar-refractivity contribution is 5.27. The number of nitrogens with one attached hydrogen (secondary N) is 1. The molecule has 2 aliphatic rings.